The molecule has 0 saturated carbocycles. The monoisotopic (exact) mass is 415 g/mol. The van der Waals surface area contributed by atoms with Crippen LogP contribution in [0.4, 0.5) is 5.69 Å². The summed E-state index contributed by atoms with van der Waals surface area (Å²) in [6, 6.07) is 0. The molecule has 0 spiro atoms. The van der Waals surface area contributed by atoms with Crippen LogP contribution < -0.4 is 10.9 Å². The van der Waals surface area contributed by atoms with Crippen molar-refractivity contribution < 1.29 is 4.79 Å². The van der Waals surface area contributed by atoms with Gasteiger partial charge >= 0.3 is 0 Å². The molecule has 3 aromatic heterocycles. The maximum absolute atomic E-state index is 12.5. The van der Waals surface area contributed by atoms with Gasteiger partial charge in [-0.25, -0.2) is 4.98 Å². The predicted molar refractivity (Wildman–Crippen MR) is 118 cm³/mol. The lowest BCUT2D eigenvalue weighted by Gasteiger charge is -2.10. The van der Waals surface area contributed by atoms with Crippen LogP contribution in [0.5, 0.6) is 0 Å². The predicted octanol–water partition coefficient (Wildman–Crippen LogP) is 3.98. The molecule has 3 rings (SSSR count). The van der Waals surface area contributed by atoms with Crippen molar-refractivity contribution in [2.24, 2.45) is 5.92 Å². The van der Waals surface area contributed by atoms with Gasteiger partial charge in [-0.3, -0.25) is 14.3 Å². The van der Waals surface area contributed by atoms with E-state index in [1.54, 1.807) is 6.20 Å². The van der Waals surface area contributed by atoms with Crippen molar-refractivity contribution in [2.45, 2.75) is 66.8 Å². The molecule has 2 N–H and O–H groups in total. The summed E-state index contributed by atoms with van der Waals surface area (Å²) in [6.07, 6.45) is 4.20. The number of H-pyrrole nitrogens is 1. The molecule has 3 aromatic rings. The van der Waals surface area contributed by atoms with E-state index in [0.29, 0.717) is 23.5 Å². The van der Waals surface area contributed by atoms with Gasteiger partial charge in [0.1, 0.15) is 10.7 Å². The van der Waals surface area contributed by atoms with E-state index in [1.807, 2.05) is 18.5 Å². The van der Waals surface area contributed by atoms with Gasteiger partial charge in [-0.1, -0.05) is 20.8 Å². The number of aromatic nitrogens is 4. The highest BCUT2D eigenvalue weighted by atomic mass is 32.1. The number of rotatable bonds is 8. The minimum absolute atomic E-state index is 0.107. The summed E-state index contributed by atoms with van der Waals surface area (Å²) in [5.41, 5.74) is 2.65. The maximum atomic E-state index is 12.5. The Hall–Kier alpha value is -2.48. The van der Waals surface area contributed by atoms with Crippen LogP contribution in [0.25, 0.3) is 10.2 Å². The molecule has 0 fully saturated rings. The number of aryl methyl sites for hydroxylation is 4. The molecular weight excluding hydrogens is 386 g/mol. The lowest BCUT2D eigenvalue weighted by molar-refractivity contribution is -0.116. The Kier molecular flexibility index (Phi) is 6.52. The molecule has 0 aromatic carbocycles. The van der Waals surface area contributed by atoms with Crippen LogP contribution >= 0.6 is 11.3 Å². The summed E-state index contributed by atoms with van der Waals surface area (Å²) in [5.74, 6) is 1.04. The second-order valence-electron chi connectivity index (χ2n) is 7.79. The molecule has 3 heterocycles. The standard InChI is InChI=1S/C21H29N5O2S/c1-6-16-15(11-22-26(16)10-9-12(2)3)23-18(27)8-7-17-24-20(28)19-13(4)14(5)29-21(19)25-17/h11-12H,6-10H2,1-5H3,(H,23,27)(H,24,25,28). The fourth-order valence-corrected chi connectivity index (χ4v) is 4.37. The zero-order valence-corrected chi connectivity index (χ0v) is 18.6. The fraction of sp³-hybridized carbons (Fsp3) is 0.524. The van der Waals surface area contributed by atoms with E-state index in [2.05, 4.69) is 41.2 Å². The van der Waals surface area contributed by atoms with Crippen molar-refractivity contribution in [3.05, 3.63) is 38.5 Å². The van der Waals surface area contributed by atoms with Crippen molar-refractivity contribution in [1.82, 2.24) is 19.7 Å². The SMILES string of the molecule is CCc1c(NC(=O)CCc2nc3sc(C)c(C)c3c(=O)[nH]2)cnn1CCC(C)C. The summed E-state index contributed by atoms with van der Waals surface area (Å²) < 4.78 is 1.98. The van der Waals surface area contributed by atoms with Crippen molar-refractivity contribution in [3.8, 4) is 0 Å². The molecule has 7 nitrogen and oxygen atoms in total. The van der Waals surface area contributed by atoms with Crippen LogP contribution in [0, 0.1) is 19.8 Å². The van der Waals surface area contributed by atoms with Crippen LogP contribution in [0.15, 0.2) is 11.0 Å². The van der Waals surface area contributed by atoms with E-state index < -0.39 is 0 Å². The lowest BCUT2D eigenvalue weighted by atomic mass is 10.1. The highest BCUT2D eigenvalue weighted by Crippen LogP contribution is 2.25. The highest BCUT2D eigenvalue weighted by molar-refractivity contribution is 7.18. The first-order valence-corrected chi connectivity index (χ1v) is 10.9. The first-order valence-electron chi connectivity index (χ1n) is 10.1. The number of carbonyl (C=O) groups is 1. The van der Waals surface area contributed by atoms with Gasteiger partial charge in [-0.2, -0.15) is 5.10 Å². The Balaban J connectivity index is 1.66. The number of fused-ring (bicyclic) bond motifs is 1. The number of amides is 1. The van der Waals surface area contributed by atoms with Crippen molar-refractivity contribution in [3.63, 3.8) is 0 Å². The topological polar surface area (TPSA) is 92.7 Å². The summed E-state index contributed by atoms with van der Waals surface area (Å²) in [7, 11) is 0. The quantitative estimate of drug-likeness (QED) is 0.582. The molecule has 29 heavy (non-hydrogen) atoms. The third-order valence-corrected chi connectivity index (χ3v) is 6.25. The molecule has 156 valence electrons. The molecular formula is C21H29N5O2S. The Labute approximate surface area is 174 Å². The zero-order valence-electron chi connectivity index (χ0n) is 17.8. The Bertz CT molecular complexity index is 1080. The lowest BCUT2D eigenvalue weighted by Crippen LogP contribution is -2.17. The van der Waals surface area contributed by atoms with Crippen molar-refractivity contribution >= 4 is 33.1 Å². The molecule has 0 unspecified atom stereocenters. The van der Waals surface area contributed by atoms with Crippen LogP contribution in [-0.2, 0) is 24.2 Å². The average molecular weight is 416 g/mol. The van der Waals surface area contributed by atoms with Gasteiger partial charge in [0.25, 0.3) is 5.56 Å². The van der Waals surface area contributed by atoms with Gasteiger partial charge in [0.15, 0.2) is 0 Å². The van der Waals surface area contributed by atoms with Gasteiger partial charge in [0.2, 0.25) is 5.91 Å². The number of carbonyl (C=O) groups excluding carboxylic acids is 1. The number of aromatic amines is 1. The van der Waals surface area contributed by atoms with Crippen molar-refractivity contribution in [2.75, 3.05) is 5.32 Å². The Morgan fingerprint density at radius 2 is 2.10 bits per heavy atom. The fourth-order valence-electron chi connectivity index (χ4n) is 3.32. The third-order valence-electron chi connectivity index (χ3n) is 5.15. The molecule has 1 amide bonds. The van der Waals surface area contributed by atoms with Gasteiger partial charge in [-0.05, 0) is 38.2 Å². The number of hydrogen-bond acceptors (Lipinski definition) is 5. The van der Waals surface area contributed by atoms with Gasteiger partial charge in [-0.15, -0.1) is 11.3 Å². The second kappa shape index (κ2) is 8.90. The van der Waals surface area contributed by atoms with Gasteiger partial charge < -0.3 is 10.3 Å². The molecule has 0 saturated heterocycles. The second-order valence-corrected chi connectivity index (χ2v) is 8.99. The van der Waals surface area contributed by atoms with Gasteiger partial charge in [0, 0.05) is 24.3 Å². The van der Waals surface area contributed by atoms with E-state index in [1.165, 1.54) is 11.3 Å². The first-order chi connectivity index (χ1) is 13.8. The molecule has 0 bridgehead atoms. The molecule has 0 atom stereocenters. The van der Waals surface area contributed by atoms with Crippen molar-refractivity contribution in [1.29, 1.82) is 0 Å². The number of hydrogen-bond donors (Lipinski definition) is 2. The molecule has 0 aliphatic heterocycles. The normalized spacial score (nSPS) is 11.5. The Morgan fingerprint density at radius 1 is 1.34 bits per heavy atom. The molecule has 0 radical (unpaired) electrons. The highest BCUT2D eigenvalue weighted by Gasteiger charge is 2.15. The average Bonchev–Trinajstić information content (AvgIpc) is 3.18. The van der Waals surface area contributed by atoms with E-state index in [4.69, 9.17) is 0 Å². The first kappa shape index (κ1) is 21.2. The van der Waals surface area contributed by atoms with E-state index in [0.717, 1.165) is 46.0 Å². The smallest absolute Gasteiger partial charge is 0.259 e. The van der Waals surface area contributed by atoms with E-state index in [-0.39, 0.29) is 17.9 Å². The third kappa shape index (κ3) is 4.75. The summed E-state index contributed by atoms with van der Waals surface area (Å²) in [5, 5.41) is 8.05. The minimum atomic E-state index is -0.132. The summed E-state index contributed by atoms with van der Waals surface area (Å²) in [6.45, 7) is 11.2. The molecule has 0 aliphatic rings. The van der Waals surface area contributed by atoms with Crippen LogP contribution in [-0.4, -0.2) is 25.7 Å². The molecule has 0 aliphatic carbocycles. The van der Waals surface area contributed by atoms with E-state index in [9.17, 15) is 9.59 Å². The van der Waals surface area contributed by atoms with Crippen LogP contribution in [0.3, 0.4) is 0 Å². The minimum Gasteiger partial charge on any atom is -0.323 e. The van der Waals surface area contributed by atoms with Gasteiger partial charge in [0.05, 0.1) is 23.0 Å². The summed E-state index contributed by atoms with van der Waals surface area (Å²) >= 11 is 1.52. The maximum Gasteiger partial charge on any atom is 0.259 e. The Morgan fingerprint density at radius 3 is 2.79 bits per heavy atom. The molecule has 8 heteroatoms. The summed E-state index contributed by atoms with van der Waals surface area (Å²) in [4.78, 5) is 34.0. The number of nitrogens with zero attached hydrogens (tertiary/aromatic N) is 3. The van der Waals surface area contributed by atoms with E-state index >= 15 is 0 Å². The number of thiophene rings is 1. The largest absolute Gasteiger partial charge is 0.323 e. The zero-order chi connectivity index (χ0) is 21.1. The number of nitrogens with one attached hydrogen (secondary N) is 2. The number of anilines is 1. The van der Waals surface area contributed by atoms with Crippen LogP contribution in [0.1, 0.15) is 55.6 Å². The van der Waals surface area contributed by atoms with Crippen LogP contribution in [0.2, 0.25) is 0 Å².